The van der Waals surface area contributed by atoms with Crippen LogP contribution in [0.5, 0.6) is 0 Å². The van der Waals surface area contributed by atoms with E-state index in [9.17, 15) is 74.9 Å². The summed E-state index contributed by atoms with van der Waals surface area (Å²) in [6, 6.07) is 0. The molecule has 0 spiro atoms. The summed E-state index contributed by atoms with van der Waals surface area (Å²) in [4.78, 5) is 50.9. The van der Waals surface area contributed by atoms with Gasteiger partial charge in [0.1, 0.15) is 98.7 Å². The highest BCUT2D eigenvalue weighted by molar-refractivity contribution is 7.47. The first-order valence-corrected chi connectivity index (χ1v) is 39.1. The van der Waals surface area contributed by atoms with Gasteiger partial charge in [-0.15, -0.1) is 0 Å². The first-order chi connectivity index (χ1) is 46.8. The molecule has 0 aromatic carbocycles. The van der Waals surface area contributed by atoms with Crippen LogP contribution in [-0.4, -0.2) is 204 Å². The van der Waals surface area contributed by atoms with Crippen LogP contribution in [0.25, 0.3) is 0 Å². The molecule has 1 aliphatic carbocycles. The summed E-state index contributed by atoms with van der Waals surface area (Å²) < 4.78 is 65.0. The van der Waals surface area contributed by atoms with E-state index in [0.717, 1.165) is 96.3 Å². The largest absolute Gasteiger partial charge is 0.472 e. The molecule has 2 aliphatic heterocycles. The molecule has 0 aromatic rings. The minimum Gasteiger partial charge on any atom is -0.463 e. The average molecular weight is 1410 g/mol. The first-order valence-electron chi connectivity index (χ1n) is 37.6. The van der Waals surface area contributed by atoms with Crippen LogP contribution in [0.3, 0.4) is 0 Å². The quantitative estimate of drug-likeness (QED) is 0.00886. The van der Waals surface area contributed by atoms with Gasteiger partial charge in [-0.25, -0.2) is 4.57 Å². The molecule has 18 unspecified atom stereocenters. The third-order valence-corrected chi connectivity index (χ3v) is 19.4. The van der Waals surface area contributed by atoms with E-state index in [4.69, 9.17) is 42.2 Å². The van der Waals surface area contributed by atoms with Gasteiger partial charge in [0.2, 0.25) is 0 Å². The number of carbonyl (C=O) groups excluding carboxylic acids is 3. The summed E-state index contributed by atoms with van der Waals surface area (Å²) >= 11 is 0. The fourth-order valence-corrected chi connectivity index (χ4v) is 13.2. The molecule has 25 heteroatoms. The number of hydrogen-bond acceptors (Lipinski definition) is 23. The van der Waals surface area contributed by atoms with Crippen molar-refractivity contribution < 1.29 is 117 Å². The van der Waals surface area contributed by atoms with E-state index >= 15 is 0 Å². The Balaban J connectivity index is 1.74. The zero-order chi connectivity index (χ0) is 71.1. The van der Waals surface area contributed by atoms with Gasteiger partial charge >= 0.3 is 25.7 Å². The van der Waals surface area contributed by atoms with Crippen LogP contribution in [0.1, 0.15) is 284 Å². The third-order valence-electron chi connectivity index (χ3n) is 18.5. The molecule has 11 N–H and O–H groups in total. The zero-order valence-corrected chi connectivity index (χ0v) is 60.0. The highest BCUT2D eigenvalue weighted by atomic mass is 31.2. The highest BCUT2D eigenvalue weighted by Gasteiger charge is 2.58. The maximum atomic E-state index is 14.3. The number of ether oxygens (including phenoxy) is 7. The predicted octanol–water partition coefficient (Wildman–Crippen LogP) is 10.1. The molecule has 97 heavy (non-hydrogen) atoms. The van der Waals surface area contributed by atoms with Gasteiger partial charge < -0.3 is 89.1 Å². The number of phosphoric acid groups is 1. The molecule has 3 rings (SSSR count). The minimum atomic E-state index is -5.70. The predicted molar refractivity (Wildman–Crippen MR) is 365 cm³/mol. The zero-order valence-electron chi connectivity index (χ0n) is 59.1. The number of unbranched alkanes of at least 4 members (excludes halogenated alkanes) is 33. The molecule has 18 atom stereocenters. The van der Waals surface area contributed by atoms with Gasteiger partial charge in [-0.3, -0.25) is 23.4 Å². The summed E-state index contributed by atoms with van der Waals surface area (Å²) in [5.41, 5.74) is 0. The SMILES string of the molecule is CCCCCCCCC/C=C\CCCCCC(=O)OCC(COP(=O)(O)OC1C(OC2OC(CO)C(O)C(O)C2O)C(O)C(O)C(O)C1OC1OC(COC(=O)CCCCC/C=C\CCCCCCCCC)C(O)C(O)C1O)OC(=O)CCCCCCCCCCCCCCCC. The Kier molecular flexibility index (Phi) is 49.5. The van der Waals surface area contributed by atoms with E-state index < -0.39 is 156 Å². The number of carbonyl (C=O) groups is 3. The van der Waals surface area contributed by atoms with Crippen LogP contribution in [0.15, 0.2) is 24.3 Å². The Bertz CT molecular complexity index is 2110. The average Bonchev–Trinajstić information content (AvgIpc) is 0.763. The van der Waals surface area contributed by atoms with Gasteiger partial charge in [-0.2, -0.15) is 0 Å². The normalized spacial score (nSPS) is 27.9. The number of phosphoric ester groups is 1. The van der Waals surface area contributed by atoms with Crippen molar-refractivity contribution in [3.8, 4) is 0 Å². The van der Waals surface area contributed by atoms with Crippen LogP contribution < -0.4 is 0 Å². The van der Waals surface area contributed by atoms with Gasteiger partial charge in [0, 0.05) is 19.3 Å². The summed E-state index contributed by atoms with van der Waals surface area (Å²) in [6.45, 7) is 3.41. The molecule has 3 fully saturated rings. The van der Waals surface area contributed by atoms with E-state index in [1.807, 2.05) is 0 Å². The van der Waals surface area contributed by atoms with Gasteiger partial charge in [0.05, 0.1) is 13.2 Å². The van der Waals surface area contributed by atoms with Crippen LogP contribution in [-0.2, 0) is 61.2 Å². The number of aliphatic hydroxyl groups excluding tert-OH is 10. The summed E-state index contributed by atoms with van der Waals surface area (Å²) in [5.74, 6) is -2.02. The molecule has 3 aliphatic rings. The van der Waals surface area contributed by atoms with Gasteiger partial charge in [-0.1, -0.05) is 218 Å². The smallest absolute Gasteiger partial charge is 0.463 e. The Morgan fingerprint density at radius 3 is 1.12 bits per heavy atom. The topological polar surface area (TPSA) is 374 Å². The number of aliphatic hydroxyl groups is 10. The molecule has 1 saturated carbocycles. The second-order valence-corrected chi connectivity index (χ2v) is 28.4. The van der Waals surface area contributed by atoms with Crippen molar-refractivity contribution >= 4 is 25.7 Å². The summed E-state index contributed by atoms with van der Waals surface area (Å²) in [5, 5.41) is 110. The first kappa shape index (κ1) is 88.7. The molecular formula is C72H131O24P. The second-order valence-electron chi connectivity index (χ2n) is 27.0. The van der Waals surface area contributed by atoms with E-state index in [1.165, 1.54) is 128 Å². The lowest BCUT2D eigenvalue weighted by atomic mass is 9.84. The fraction of sp³-hybridized carbons (Fsp3) is 0.903. The van der Waals surface area contributed by atoms with Crippen LogP contribution >= 0.6 is 7.82 Å². The van der Waals surface area contributed by atoms with Gasteiger partial charge in [0.15, 0.2) is 18.7 Å². The summed E-state index contributed by atoms with van der Waals surface area (Å²) in [7, 11) is -5.70. The standard InChI is InChI=1S/C72H131O24P/c1-4-7-10-13-16-19-22-25-28-31-34-37-40-43-46-56(74)88-50-53(91-58(76)48-45-42-39-36-33-30-27-24-21-18-15-12-9-6-3)51-90-97(86,87)96-70-68(94-71-66(84)61(79)59(77)54(49-73)92-71)64(82)63(81)65(83)69(70)95-72-67(85)62(80)60(78)55(93-72)52-89-57(75)47-44-41-38-35-32-29-26-23-20-17-14-11-8-5-2/h28-29,31-32,53-55,59-73,77-85H,4-27,30,33-52H2,1-3H3,(H,86,87)/b31-28-,32-29-. The minimum absolute atomic E-state index is 0.00797. The number of allylic oxidation sites excluding steroid dienone is 4. The van der Waals surface area contributed by atoms with Crippen molar-refractivity contribution in [1.82, 2.24) is 0 Å². The van der Waals surface area contributed by atoms with Gasteiger partial charge in [0.25, 0.3) is 0 Å². The molecule has 568 valence electrons. The molecule has 0 aromatic heterocycles. The van der Waals surface area contributed by atoms with Crippen molar-refractivity contribution in [3.63, 3.8) is 0 Å². The Hall–Kier alpha value is -2.56. The maximum absolute atomic E-state index is 14.3. The lowest BCUT2D eigenvalue weighted by Crippen LogP contribution is -2.69. The Labute approximate surface area is 579 Å². The van der Waals surface area contributed by atoms with Crippen LogP contribution in [0.4, 0.5) is 0 Å². The van der Waals surface area contributed by atoms with Crippen molar-refractivity contribution in [3.05, 3.63) is 24.3 Å². The second kappa shape index (κ2) is 54.1. The molecular weight excluding hydrogens is 1280 g/mol. The molecule has 2 heterocycles. The molecule has 0 radical (unpaired) electrons. The Morgan fingerprint density at radius 1 is 0.392 bits per heavy atom. The van der Waals surface area contributed by atoms with Gasteiger partial charge in [-0.05, 0) is 70.6 Å². The van der Waals surface area contributed by atoms with E-state index in [2.05, 4.69) is 45.1 Å². The summed E-state index contributed by atoms with van der Waals surface area (Å²) in [6.07, 6.45) is 13.9. The van der Waals surface area contributed by atoms with Crippen molar-refractivity contribution in [2.75, 3.05) is 26.4 Å². The van der Waals surface area contributed by atoms with Crippen molar-refractivity contribution in [2.24, 2.45) is 0 Å². The lowest BCUT2D eigenvalue weighted by molar-refractivity contribution is -0.360. The number of rotatable bonds is 58. The maximum Gasteiger partial charge on any atom is 0.472 e. The van der Waals surface area contributed by atoms with E-state index in [1.54, 1.807) is 0 Å². The number of hydrogen-bond donors (Lipinski definition) is 11. The number of esters is 3. The molecule has 2 saturated heterocycles. The lowest BCUT2D eigenvalue weighted by Gasteiger charge is -2.49. The van der Waals surface area contributed by atoms with E-state index in [0.29, 0.717) is 19.3 Å². The molecule has 0 amide bonds. The van der Waals surface area contributed by atoms with Crippen LogP contribution in [0, 0.1) is 0 Å². The van der Waals surface area contributed by atoms with E-state index in [-0.39, 0.29) is 19.3 Å². The Morgan fingerprint density at radius 2 is 0.722 bits per heavy atom. The van der Waals surface area contributed by atoms with Crippen molar-refractivity contribution in [1.29, 1.82) is 0 Å². The highest BCUT2D eigenvalue weighted by Crippen LogP contribution is 2.49. The molecule has 24 nitrogen and oxygen atoms in total. The van der Waals surface area contributed by atoms with Crippen molar-refractivity contribution in [2.45, 2.75) is 388 Å². The van der Waals surface area contributed by atoms with Crippen LogP contribution in [0.2, 0.25) is 0 Å². The molecule has 0 bridgehead atoms. The fourth-order valence-electron chi connectivity index (χ4n) is 12.3. The third kappa shape index (κ3) is 37.4. The monoisotopic (exact) mass is 1410 g/mol.